The molecular weight excluding hydrogens is 855 g/mol. The Balaban J connectivity index is 0.711. The van der Waals surface area contributed by atoms with Gasteiger partial charge < -0.3 is 45.5 Å². The highest BCUT2D eigenvalue weighted by Crippen LogP contribution is 2.34. The fourth-order valence-corrected chi connectivity index (χ4v) is 8.41. The van der Waals surface area contributed by atoms with Crippen molar-refractivity contribution in [3.8, 4) is 11.5 Å². The number of para-hydroxylation sites is 1. The third kappa shape index (κ3) is 10.6. The van der Waals surface area contributed by atoms with Gasteiger partial charge in [0.25, 0.3) is 17.7 Å². The Kier molecular flexibility index (Phi) is 14.1. The van der Waals surface area contributed by atoms with Gasteiger partial charge in [-0.05, 0) is 86.3 Å². The smallest absolute Gasteiger partial charge is 0.488 e. The summed E-state index contributed by atoms with van der Waals surface area (Å²) >= 11 is 0. The van der Waals surface area contributed by atoms with Crippen LogP contribution in [0.5, 0.6) is 11.5 Å². The summed E-state index contributed by atoms with van der Waals surface area (Å²) in [5, 5.41) is 35.0. The van der Waals surface area contributed by atoms with Crippen LogP contribution in [-0.4, -0.2) is 118 Å². The van der Waals surface area contributed by atoms with Crippen LogP contribution in [0.4, 0.5) is 11.6 Å². The lowest BCUT2D eigenvalue weighted by Crippen LogP contribution is -2.54. The van der Waals surface area contributed by atoms with Gasteiger partial charge >= 0.3 is 7.12 Å². The molecule has 0 radical (unpaired) electrons. The third-order valence-electron chi connectivity index (χ3n) is 11.8. The van der Waals surface area contributed by atoms with Crippen molar-refractivity contribution in [2.24, 2.45) is 0 Å². The molecule has 2 fully saturated rings. The Morgan fingerprint density at radius 1 is 0.864 bits per heavy atom. The van der Waals surface area contributed by atoms with E-state index in [1.165, 1.54) is 18.2 Å². The highest BCUT2D eigenvalue weighted by Gasteiger charge is 2.46. The molecule has 0 bridgehead atoms. The molecule has 4 heterocycles. The lowest BCUT2D eigenvalue weighted by molar-refractivity contribution is -0.136. The Hall–Kier alpha value is -6.97. The van der Waals surface area contributed by atoms with E-state index in [9.17, 15) is 43.7 Å². The number of fused-ring (bicyclic) bond motifs is 3. The summed E-state index contributed by atoms with van der Waals surface area (Å²) in [6.45, 7) is 0.130. The minimum absolute atomic E-state index is 0.000493. The van der Waals surface area contributed by atoms with Crippen molar-refractivity contribution < 1.29 is 57.8 Å². The number of rotatable bonds is 18. The topological polar surface area (TPSA) is 277 Å². The molecule has 20 nitrogen and oxygen atoms in total. The molecule has 344 valence electrons. The van der Waals surface area contributed by atoms with Crippen LogP contribution >= 0.6 is 0 Å². The predicted molar refractivity (Wildman–Crippen MR) is 236 cm³/mol. The van der Waals surface area contributed by atoms with E-state index in [1.54, 1.807) is 12.3 Å². The van der Waals surface area contributed by atoms with Gasteiger partial charge in [0.1, 0.15) is 23.1 Å². The quantitative estimate of drug-likeness (QED) is 0.0420. The Morgan fingerprint density at radius 3 is 2.39 bits per heavy atom. The summed E-state index contributed by atoms with van der Waals surface area (Å²) in [5.41, 5.74) is 2.52. The number of anilines is 2. The molecule has 4 aliphatic rings. The normalized spacial score (nSPS) is 20.1. The third-order valence-corrected chi connectivity index (χ3v) is 11.8. The number of hydrogen-bond donors (Lipinski definition) is 7. The minimum atomic E-state index is -1.21. The number of aromatic nitrogens is 2. The van der Waals surface area contributed by atoms with Crippen LogP contribution < -0.4 is 41.5 Å². The number of nitrogens with one attached hydrogen (secondary N) is 5. The average molecular weight is 905 g/mol. The zero-order valence-corrected chi connectivity index (χ0v) is 35.9. The van der Waals surface area contributed by atoms with Crippen molar-refractivity contribution in [2.45, 2.75) is 88.6 Å². The van der Waals surface area contributed by atoms with Crippen molar-refractivity contribution in [1.29, 1.82) is 0 Å². The van der Waals surface area contributed by atoms with E-state index in [0.29, 0.717) is 54.0 Å². The summed E-state index contributed by atoms with van der Waals surface area (Å²) in [6, 6.07) is 14.3. The van der Waals surface area contributed by atoms with Gasteiger partial charge in [0.2, 0.25) is 29.6 Å². The van der Waals surface area contributed by atoms with Crippen LogP contribution in [0.2, 0.25) is 0 Å². The number of aliphatic hydroxyl groups excluding tert-OH is 1. The van der Waals surface area contributed by atoms with Crippen molar-refractivity contribution in [1.82, 2.24) is 36.1 Å². The SMILES string of the molecule is O=C(CCCC(=O)NCC1OB(O)c2cc(Nc3ncc4cccc(O[C@H]5CC[C@@H](O)CC5)c4n3)ccc21)NCCCNC(=O)COc1cccc2c1C(=O)N(C1CCC(=O)NC1=O)C2=O. The van der Waals surface area contributed by atoms with E-state index in [4.69, 9.17) is 19.1 Å². The van der Waals surface area contributed by atoms with E-state index in [1.807, 2.05) is 30.3 Å². The number of benzene rings is 3. The number of aliphatic hydroxyl groups is 1. The Morgan fingerprint density at radius 2 is 1.61 bits per heavy atom. The maximum Gasteiger partial charge on any atom is 0.492 e. The van der Waals surface area contributed by atoms with Crippen molar-refractivity contribution >= 4 is 76.5 Å². The molecule has 7 N–H and O–H groups in total. The number of amides is 7. The van der Waals surface area contributed by atoms with Crippen LogP contribution in [-0.2, 0) is 28.6 Å². The lowest BCUT2D eigenvalue weighted by atomic mass is 9.79. The predicted octanol–water partition coefficient (Wildman–Crippen LogP) is 1.20. The standard InChI is InChI=1S/C45H49BN8O12/c55-27-12-14-28(15-13-27)65-34-8-1-5-25-22-50-45(53-41(25)34)51-26-11-16-29-31(21-26)46(63)66-35(29)23-49-37(57)10-3-9-36(56)47-19-4-20-48-39(59)24-64-33-7-2-6-30-40(33)44(62)54(43(30)61)32-17-18-38(58)52-42(32)60/h1-2,5-8,11,16,21-22,27-28,32,35,55,63H,3-4,9-10,12-15,17-20,23-24H2,(H,47,56)(H,48,59)(H,49,57)(H,50,51,53)(H,52,58,60)/t27-,28+,32?,35?. The first-order valence-corrected chi connectivity index (χ1v) is 22.0. The Bertz CT molecular complexity index is 2550. The molecule has 21 heteroatoms. The second kappa shape index (κ2) is 20.5. The molecule has 1 aliphatic carbocycles. The van der Waals surface area contributed by atoms with Crippen molar-refractivity contribution in [2.75, 3.05) is 31.6 Å². The van der Waals surface area contributed by atoms with Crippen molar-refractivity contribution in [3.05, 3.63) is 77.5 Å². The zero-order valence-electron chi connectivity index (χ0n) is 35.9. The maximum absolute atomic E-state index is 13.2. The molecule has 1 saturated carbocycles. The van der Waals surface area contributed by atoms with Gasteiger partial charge in [-0.1, -0.05) is 24.3 Å². The van der Waals surface area contributed by atoms with Crippen molar-refractivity contribution in [3.63, 3.8) is 0 Å². The first-order chi connectivity index (χ1) is 31.9. The second-order valence-electron chi connectivity index (χ2n) is 16.5. The van der Waals surface area contributed by atoms with E-state index < -0.39 is 55.4 Å². The largest absolute Gasteiger partial charge is 0.492 e. The van der Waals surface area contributed by atoms with Gasteiger partial charge in [0.15, 0.2) is 6.61 Å². The van der Waals surface area contributed by atoms with Gasteiger partial charge in [0, 0.05) is 56.2 Å². The number of carbonyl (C=O) groups excluding carboxylic acids is 7. The van der Waals surface area contributed by atoms with Crippen LogP contribution in [0.3, 0.4) is 0 Å². The highest BCUT2D eigenvalue weighted by molar-refractivity contribution is 6.62. The molecule has 2 unspecified atom stereocenters. The molecule has 2 atom stereocenters. The molecule has 7 amide bonds. The Labute approximate surface area is 378 Å². The summed E-state index contributed by atoms with van der Waals surface area (Å²) < 4.78 is 17.6. The minimum Gasteiger partial charge on any atom is -0.488 e. The number of nitrogens with zero attached hydrogens (tertiary/aromatic N) is 3. The molecule has 3 aromatic carbocycles. The highest BCUT2D eigenvalue weighted by atomic mass is 16.5. The summed E-state index contributed by atoms with van der Waals surface area (Å²) in [4.78, 5) is 97.7. The molecule has 4 aromatic rings. The molecular formula is C45H49BN8O12. The van der Waals surface area contributed by atoms with Gasteiger partial charge in [-0.25, -0.2) is 9.97 Å². The molecule has 66 heavy (non-hydrogen) atoms. The molecule has 8 rings (SSSR count). The van der Waals surface area contributed by atoms with E-state index >= 15 is 0 Å². The maximum atomic E-state index is 13.2. The number of piperidine rings is 1. The number of hydrogen-bond acceptors (Lipinski definition) is 15. The molecule has 0 spiro atoms. The van der Waals surface area contributed by atoms with Crippen LogP contribution in [0, 0.1) is 0 Å². The van der Waals surface area contributed by atoms with Crippen LogP contribution in [0.1, 0.15) is 96.6 Å². The lowest BCUT2D eigenvalue weighted by Gasteiger charge is -2.27. The number of carbonyl (C=O) groups is 7. The average Bonchev–Trinajstić information content (AvgIpc) is 3.76. The summed E-state index contributed by atoms with van der Waals surface area (Å²) in [7, 11) is -1.21. The van der Waals surface area contributed by atoms with Gasteiger partial charge in [-0.2, -0.15) is 0 Å². The first-order valence-electron chi connectivity index (χ1n) is 22.0. The second-order valence-corrected chi connectivity index (χ2v) is 16.5. The van der Waals surface area contributed by atoms with Gasteiger partial charge in [-0.15, -0.1) is 0 Å². The van der Waals surface area contributed by atoms with Crippen LogP contribution in [0.15, 0.2) is 60.8 Å². The summed E-state index contributed by atoms with van der Waals surface area (Å²) in [5.74, 6) is -2.70. The van der Waals surface area contributed by atoms with E-state index in [0.717, 1.165) is 28.7 Å². The monoisotopic (exact) mass is 904 g/mol. The fourth-order valence-electron chi connectivity index (χ4n) is 8.41. The van der Waals surface area contributed by atoms with E-state index in [-0.39, 0.29) is 86.2 Å². The number of imide groups is 2. The van der Waals surface area contributed by atoms with Gasteiger partial charge in [0.05, 0.1) is 29.4 Å². The van der Waals surface area contributed by atoms with Gasteiger partial charge in [-0.3, -0.25) is 43.8 Å². The molecule has 1 saturated heterocycles. The fraction of sp³-hybridized carbons (Fsp3) is 0.400. The summed E-state index contributed by atoms with van der Waals surface area (Å²) in [6.07, 6.45) is 4.67. The van der Waals surface area contributed by atoms with Crippen LogP contribution in [0.25, 0.3) is 10.9 Å². The molecule has 1 aromatic heterocycles. The number of ether oxygens (including phenoxy) is 2. The zero-order chi connectivity index (χ0) is 46.3. The first kappa shape index (κ1) is 45.6. The molecule has 3 aliphatic heterocycles. The van der Waals surface area contributed by atoms with E-state index in [2.05, 4.69) is 31.6 Å².